The van der Waals surface area contributed by atoms with Crippen molar-refractivity contribution in [2.24, 2.45) is 0 Å². The van der Waals surface area contributed by atoms with Crippen LogP contribution < -0.4 is 11.0 Å². The molecule has 0 spiro atoms. The molecule has 1 aliphatic heterocycles. The van der Waals surface area contributed by atoms with Crippen molar-refractivity contribution in [3.05, 3.63) is 34.9 Å². The average Bonchev–Trinajstić information content (AvgIpc) is 3.15. The van der Waals surface area contributed by atoms with E-state index in [0.717, 1.165) is 30.6 Å². The first kappa shape index (κ1) is 14.3. The van der Waals surface area contributed by atoms with Gasteiger partial charge < -0.3 is 10.2 Å². The molecule has 3 rings (SSSR count). The summed E-state index contributed by atoms with van der Waals surface area (Å²) in [4.78, 5) is 37.5. The summed E-state index contributed by atoms with van der Waals surface area (Å²) in [5.41, 5.74) is 0.102. The molecule has 0 bridgehead atoms. The fourth-order valence-corrected chi connectivity index (χ4v) is 2.52. The summed E-state index contributed by atoms with van der Waals surface area (Å²) in [6.45, 7) is 1.26. The van der Waals surface area contributed by atoms with Gasteiger partial charge in [-0.25, -0.2) is 9.48 Å². The number of rotatable bonds is 4. The number of hydrogen-bond donors (Lipinski definition) is 1. The first-order valence-electron chi connectivity index (χ1n) is 7.24. The van der Waals surface area contributed by atoms with Gasteiger partial charge in [0.1, 0.15) is 6.54 Å². The van der Waals surface area contributed by atoms with Gasteiger partial charge in [0.25, 0.3) is 0 Å². The molecule has 0 aliphatic carbocycles. The lowest BCUT2D eigenvalue weighted by Crippen LogP contribution is -2.40. The molecule has 1 fully saturated rings. The predicted octanol–water partition coefficient (Wildman–Crippen LogP) is -0.765. The third-order valence-corrected chi connectivity index (χ3v) is 3.68. The molecular weight excluding hydrogens is 286 g/mol. The molecule has 8 nitrogen and oxygen atoms in total. The Morgan fingerprint density at radius 3 is 2.73 bits per heavy atom. The van der Waals surface area contributed by atoms with E-state index in [1.54, 1.807) is 29.3 Å². The number of carbonyl (C=O) groups is 2. The lowest BCUT2D eigenvalue weighted by Gasteiger charge is -2.15. The van der Waals surface area contributed by atoms with Crippen LogP contribution in [0, 0.1) is 0 Å². The molecule has 1 saturated heterocycles. The van der Waals surface area contributed by atoms with Gasteiger partial charge in [0.05, 0.1) is 6.54 Å². The lowest BCUT2D eigenvalue weighted by atomic mass is 10.4. The monoisotopic (exact) mass is 303 g/mol. The van der Waals surface area contributed by atoms with Crippen molar-refractivity contribution < 1.29 is 9.59 Å². The number of amides is 2. The lowest BCUT2D eigenvalue weighted by molar-refractivity contribution is -0.132. The minimum Gasteiger partial charge on any atom is -0.345 e. The summed E-state index contributed by atoms with van der Waals surface area (Å²) in [5.74, 6) is -0.494. The third-order valence-electron chi connectivity index (χ3n) is 3.68. The molecule has 8 heteroatoms. The van der Waals surface area contributed by atoms with E-state index in [1.165, 1.54) is 4.40 Å². The summed E-state index contributed by atoms with van der Waals surface area (Å²) >= 11 is 0. The molecule has 22 heavy (non-hydrogen) atoms. The van der Waals surface area contributed by atoms with E-state index in [0.29, 0.717) is 5.65 Å². The maximum Gasteiger partial charge on any atom is 0.350 e. The Labute approximate surface area is 126 Å². The van der Waals surface area contributed by atoms with Crippen LogP contribution in [-0.4, -0.2) is 50.5 Å². The summed E-state index contributed by atoms with van der Waals surface area (Å²) in [6, 6.07) is 5.17. The zero-order valence-electron chi connectivity index (χ0n) is 12.1. The smallest absolute Gasteiger partial charge is 0.345 e. The van der Waals surface area contributed by atoms with Crippen LogP contribution in [0.25, 0.3) is 5.65 Å². The zero-order chi connectivity index (χ0) is 15.5. The van der Waals surface area contributed by atoms with E-state index in [1.807, 2.05) is 0 Å². The van der Waals surface area contributed by atoms with E-state index in [9.17, 15) is 14.4 Å². The summed E-state index contributed by atoms with van der Waals surface area (Å²) < 4.78 is 2.45. The normalized spacial score (nSPS) is 14.5. The largest absolute Gasteiger partial charge is 0.350 e. The molecule has 1 N–H and O–H groups in total. The SMILES string of the molecule is O=C(Cn1nc2ccccn2c1=O)NCC(=O)N1CCCC1. The van der Waals surface area contributed by atoms with Gasteiger partial charge >= 0.3 is 5.69 Å². The number of carbonyl (C=O) groups excluding carboxylic acids is 2. The molecule has 2 aromatic heterocycles. The second-order valence-electron chi connectivity index (χ2n) is 5.23. The summed E-state index contributed by atoms with van der Waals surface area (Å²) in [7, 11) is 0. The van der Waals surface area contributed by atoms with Crippen molar-refractivity contribution in [3.8, 4) is 0 Å². The van der Waals surface area contributed by atoms with Crippen molar-refractivity contribution in [2.45, 2.75) is 19.4 Å². The van der Waals surface area contributed by atoms with Gasteiger partial charge in [-0.05, 0) is 25.0 Å². The van der Waals surface area contributed by atoms with Crippen LogP contribution in [-0.2, 0) is 16.1 Å². The number of hydrogen-bond acceptors (Lipinski definition) is 4. The maximum absolute atomic E-state index is 12.0. The van der Waals surface area contributed by atoms with Gasteiger partial charge in [-0.1, -0.05) is 6.07 Å². The predicted molar refractivity (Wildman–Crippen MR) is 78.3 cm³/mol. The molecule has 116 valence electrons. The fourth-order valence-electron chi connectivity index (χ4n) is 2.52. The van der Waals surface area contributed by atoms with Gasteiger partial charge in [-0.3, -0.25) is 14.0 Å². The minimum atomic E-state index is -0.405. The zero-order valence-corrected chi connectivity index (χ0v) is 12.1. The summed E-state index contributed by atoms with van der Waals surface area (Å²) in [6.07, 6.45) is 3.61. The Morgan fingerprint density at radius 2 is 2.00 bits per heavy atom. The molecule has 0 atom stereocenters. The minimum absolute atomic E-state index is 0.0407. The van der Waals surface area contributed by atoms with Crippen molar-refractivity contribution in [3.63, 3.8) is 0 Å². The number of pyridine rings is 1. The van der Waals surface area contributed by atoms with E-state index in [4.69, 9.17) is 0 Å². The van der Waals surface area contributed by atoms with Gasteiger partial charge in [0.2, 0.25) is 11.8 Å². The summed E-state index contributed by atoms with van der Waals surface area (Å²) in [5, 5.41) is 6.61. The Balaban J connectivity index is 1.60. The quantitative estimate of drug-likeness (QED) is 0.803. The van der Waals surface area contributed by atoms with Gasteiger partial charge in [-0.15, -0.1) is 5.10 Å². The Morgan fingerprint density at radius 1 is 1.23 bits per heavy atom. The van der Waals surface area contributed by atoms with E-state index in [2.05, 4.69) is 10.4 Å². The van der Waals surface area contributed by atoms with Crippen molar-refractivity contribution in [1.29, 1.82) is 0 Å². The molecule has 0 unspecified atom stereocenters. The highest BCUT2D eigenvalue weighted by molar-refractivity contribution is 5.84. The molecule has 3 heterocycles. The average molecular weight is 303 g/mol. The molecule has 2 amide bonds. The van der Waals surface area contributed by atoms with Crippen LogP contribution in [0.5, 0.6) is 0 Å². The number of aromatic nitrogens is 3. The maximum atomic E-state index is 12.0. The van der Waals surface area contributed by atoms with E-state index < -0.39 is 5.91 Å². The highest BCUT2D eigenvalue weighted by Crippen LogP contribution is 2.06. The van der Waals surface area contributed by atoms with Crippen LogP contribution in [0.15, 0.2) is 29.2 Å². The molecule has 0 saturated carbocycles. The van der Waals surface area contributed by atoms with Crippen molar-refractivity contribution in [2.75, 3.05) is 19.6 Å². The first-order valence-corrected chi connectivity index (χ1v) is 7.24. The Kier molecular flexibility index (Phi) is 3.90. The first-order chi connectivity index (χ1) is 10.6. The highest BCUT2D eigenvalue weighted by Gasteiger charge is 2.18. The van der Waals surface area contributed by atoms with Crippen molar-refractivity contribution >= 4 is 17.5 Å². The molecule has 0 aromatic carbocycles. The Hall–Kier alpha value is -2.64. The van der Waals surface area contributed by atoms with Crippen LogP contribution in [0.4, 0.5) is 0 Å². The highest BCUT2D eigenvalue weighted by atomic mass is 16.2. The molecule has 0 radical (unpaired) electrons. The third kappa shape index (κ3) is 2.85. The van der Waals surface area contributed by atoms with Crippen molar-refractivity contribution in [1.82, 2.24) is 24.4 Å². The van der Waals surface area contributed by atoms with E-state index in [-0.39, 0.29) is 24.7 Å². The molecule has 2 aromatic rings. The van der Waals surface area contributed by atoms with Crippen LogP contribution in [0.3, 0.4) is 0 Å². The number of nitrogens with one attached hydrogen (secondary N) is 1. The number of likely N-dealkylation sites (tertiary alicyclic amines) is 1. The van der Waals surface area contributed by atoms with Crippen LogP contribution in [0.1, 0.15) is 12.8 Å². The van der Waals surface area contributed by atoms with E-state index >= 15 is 0 Å². The van der Waals surface area contributed by atoms with Gasteiger partial charge in [-0.2, -0.15) is 0 Å². The number of fused-ring (bicyclic) bond motifs is 1. The van der Waals surface area contributed by atoms with Crippen LogP contribution >= 0.6 is 0 Å². The number of nitrogens with zero attached hydrogens (tertiary/aromatic N) is 4. The standard InChI is InChI=1S/C14H17N5O3/c20-12(15-9-13(21)17-6-3-4-7-17)10-19-14(22)18-8-2-1-5-11(18)16-19/h1-2,5,8H,3-4,6-7,9-10H2,(H,15,20). The van der Waals surface area contributed by atoms with Gasteiger partial charge in [0, 0.05) is 19.3 Å². The Bertz CT molecular complexity index is 757. The second-order valence-corrected chi connectivity index (χ2v) is 5.23. The van der Waals surface area contributed by atoms with Gasteiger partial charge in [0.15, 0.2) is 5.65 Å². The van der Waals surface area contributed by atoms with Crippen LogP contribution in [0.2, 0.25) is 0 Å². The molecule has 1 aliphatic rings. The topological polar surface area (TPSA) is 88.7 Å². The second kappa shape index (κ2) is 6.00. The fraction of sp³-hybridized carbons (Fsp3) is 0.429. The molecular formula is C14H17N5O3.